The largest absolute Gasteiger partial charge is 0.466 e. The van der Waals surface area contributed by atoms with Gasteiger partial charge in [-0.05, 0) is 116 Å². The fraction of sp³-hybridized carbons (Fsp3) is 0.562. The number of fused-ring (bicyclic) bond motifs is 3. The SMILES string of the molecule is C.C.C.C.C=CCOC(=O)C(C)(C)C.CC(C)=C(C)C.CC(C)C(=O)OC(C)(C)C.CC(C)C(=O)OCC1c2ccccc2-c2ccccc21.CC(C)C(=O)OCc1ccccc1.CC(C)C(=O)OCc1ccccc1[N+](=O)[O-].CCCCOC(=O)C(C)C.CCOC(=O)C(C)C. The van der Waals surface area contributed by atoms with E-state index < -0.39 is 10.3 Å². The summed E-state index contributed by atoms with van der Waals surface area (Å²) in [5, 5.41) is 10.7. The van der Waals surface area contributed by atoms with Gasteiger partial charge in [-0.1, -0.05) is 241 Å². The summed E-state index contributed by atoms with van der Waals surface area (Å²) in [4.78, 5) is 87.4. The van der Waals surface area contributed by atoms with Crippen LogP contribution in [0.25, 0.3) is 11.1 Å². The fourth-order valence-electron chi connectivity index (χ4n) is 6.36. The van der Waals surface area contributed by atoms with Gasteiger partial charge in [0.1, 0.15) is 32.0 Å². The Hall–Kier alpha value is -7.95. The van der Waals surface area contributed by atoms with Gasteiger partial charge in [0.25, 0.3) is 5.69 Å². The Morgan fingerprint density at radius 1 is 0.495 bits per heavy atom. The number of nitrogens with zero attached hydrogens (tertiary/aromatic N) is 1. The summed E-state index contributed by atoms with van der Waals surface area (Å²) in [5.41, 5.74) is 8.53. The smallest absolute Gasteiger partial charge is 0.311 e. The van der Waals surface area contributed by atoms with Gasteiger partial charge in [-0.3, -0.25) is 43.7 Å². The lowest BCUT2D eigenvalue weighted by atomic mass is 9.97. The average Bonchev–Trinajstić information content (AvgIpc) is 1.62. The van der Waals surface area contributed by atoms with Crippen molar-refractivity contribution in [3.8, 4) is 11.1 Å². The van der Waals surface area contributed by atoms with Crippen molar-refractivity contribution in [2.75, 3.05) is 26.4 Å². The molecule has 0 bridgehead atoms. The lowest BCUT2D eigenvalue weighted by Crippen LogP contribution is -2.26. The van der Waals surface area contributed by atoms with Crippen molar-refractivity contribution in [3.63, 3.8) is 0 Å². The van der Waals surface area contributed by atoms with E-state index in [-0.39, 0.29) is 131 Å². The number of benzene rings is 4. The van der Waals surface area contributed by atoms with Crippen LogP contribution in [-0.4, -0.2) is 78.7 Å². The molecule has 17 nitrogen and oxygen atoms in total. The zero-order valence-corrected chi connectivity index (χ0v) is 60.8. The van der Waals surface area contributed by atoms with Gasteiger partial charge < -0.3 is 33.2 Å². The summed E-state index contributed by atoms with van der Waals surface area (Å²) >= 11 is 0. The monoisotopic (exact) mass is 1360 g/mol. The van der Waals surface area contributed by atoms with E-state index in [1.54, 1.807) is 45.0 Å². The first-order valence-electron chi connectivity index (χ1n) is 32.1. The second-order valence-electron chi connectivity index (χ2n) is 25.8. The zero-order valence-electron chi connectivity index (χ0n) is 60.8. The van der Waals surface area contributed by atoms with Gasteiger partial charge >= 0.3 is 41.8 Å². The number of nitro benzene ring substituents is 1. The molecule has 552 valence electrons. The van der Waals surface area contributed by atoms with Crippen molar-refractivity contribution >= 4 is 47.5 Å². The van der Waals surface area contributed by atoms with Crippen molar-refractivity contribution in [1.82, 2.24) is 0 Å². The van der Waals surface area contributed by atoms with Crippen LogP contribution in [-0.2, 0) is 79.9 Å². The number of carbonyl (C=O) groups is 7. The van der Waals surface area contributed by atoms with E-state index in [2.05, 4.69) is 82.3 Å². The van der Waals surface area contributed by atoms with Gasteiger partial charge in [0, 0.05) is 12.0 Å². The zero-order chi connectivity index (χ0) is 72.2. The normalized spacial score (nSPS) is 10.4. The highest BCUT2D eigenvalue weighted by molar-refractivity contribution is 5.79. The molecule has 0 spiro atoms. The molecule has 5 rings (SSSR count). The molecule has 0 unspecified atom stereocenters. The van der Waals surface area contributed by atoms with Crippen molar-refractivity contribution in [3.05, 3.63) is 159 Å². The lowest BCUT2D eigenvalue weighted by Gasteiger charge is -2.20. The maximum atomic E-state index is 11.7. The number of nitro groups is 1. The van der Waals surface area contributed by atoms with Crippen LogP contribution in [0.15, 0.2) is 127 Å². The first-order valence-corrected chi connectivity index (χ1v) is 32.1. The minimum atomic E-state index is -0.488. The Morgan fingerprint density at radius 3 is 1.22 bits per heavy atom. The predicted molar refractivity (Wildman–Crippen MR) is 398 cm³/mol. The molecule has 0 amide bonds. The van der Waals surface area contributed by atoms with Gasteiger partial charge in [-0.2, -0.15) is 0 Å². The second kappa shape index (κ2) is 56.1. The van der Waals surface area contributed by atoms with Crippen molar-refractivity contribution in [2.45, 2.75) is 233 Å². The topological polar surface area (TPSA) is 227 Å². The van der Waals surface area contributed by atoms with Crippen LogP contribution in [0.1, 0.15) is 237 Å². The maximum Gasteiger partial charge on any atom is 0.311 e. The molecular weight excluding hydrogens is 1230 g/mol. The Balaban J connectivity index is -0.000000195. The van der Waals surface area contributed by atoms with Gasteiger partial charge in [-0.25, -0.2) is 0 Å². The van der Waals surface area contributed by atoms with Gasteiger partial charge in [-0.15, -0.1) is 0 Å². The summed E-state index contributed by atoms with van der Waals surface area (Å²) in [6, 6.07) is 32.6. The Kier molecular flexibility index (Phi) is 59.3. The van der Waals surface area contributed by atoms with E-state index in [4.69, 9.17) is 28.4 Å². The molecule has 1 aliphatic rings. The maximum absolute atomic E-state index is 11.7. The average molecular weight is 1360 g/mol. The number of carbonyl (C=O) groups excluding carboxylic acids is 7. The summed E-state index contributed by atoms with van der Waals surface area (Å²) in [6.07, 6.45) is 3.60. The van der Waals surface area contributed by atoms with Gasteiger partial charge in [0.2, 0.25) is 0 Å². The molecule has 4 aromatic carbocycles. The molecule has 0 fully saturated rings. The van der Waals surface area contributed by atoms with E-state index in [0.29, 0.717) is 38.6 Å². The molecule has 0 aromatic heterocycles. The molecule has 1 aliphatic carbocycles. The molecule has 17 heteroatoms. The van der Waals surface area contributed by atoms with Crippen LogP contribution in [0.4, 0.5) is 5.69 Å². The van der Waals surface area contributed by atoms with E-state index in [1.807, 2.05) is 153 Å². The number of ether oxygens (including phenoxy) is 7. The van der Waals surface area contributed by atoms with Crippen molar-refractivity contribution in [2.24, 2.45) is 40.9 Å². The summed E-state index contributed by atoms with van der Waals surface area (Å²) in [6.45, 7) is 50.7. The van der Waals surface area contributed by atoms with Gasteiger partial charge in [0.15, 0.2) is 0 Å². The minimum Gasteiger partial charge on any atom is -0.466 e. The first-order chi connectivity index (χ1) is 43.2. The third-order valence-corrected chi connectivity index (χ3v) is 12.3. The van der Waals surface area contributed by atoms with Crippen LogP contribution in [0.5, 0.6) is 0 Å². The van der Waals surface area contributed by atoms with E-state index in [9.17, 15) is 43.7 Å². The van der Waals surface area contributed by atoms with Crippen molar-refractivity contribution < 1.29 is 71.6 Å². The third kappa shape index (κ3) is 49.3. The molecule has 0 aliphatic heterocycles. The van der Waals surface area contributed by atoms with Crippen LogP contribution in [0, 0.1) is 51.0 Å². The number of hydrogen-bond donors (Lipinski definition) is 0. The predicted octanol–water partition coefficient (Wildman–Crippen LogP) is 20.5. The number of hydrogen-bond acceptors (Lipinski definition) is 16. The number of para-hydroxylation sites is 1. The van der Waals surface area contributed by atoms with Crippen LogP contribution in [0.2, 0.25) is 0 Å². The van der Waals surface area contributed by atoms with Crippen molar-refractivity contribution in [1.29, 1.82) is 0 Å². The highest BCUT2D eigenvalue weighted by Crippen LogP contribution is 2.44. The molecule has 0 radical (unpaired) electrons. The van der Waals surface area contributed by atoms with Crippen LogP contribution >= 0.6 is 0 Å². The molecule has 4 aromatic rings. The summed E-state index contributed by atoms with van der Waals surface area (Å²) in [5.74, 6) is -1.39. The number of allylic oxidation sites excluding steroid dienone is 2. The standard InChI is InChI=1S/C18H18O2.C11H13NO4.C11H14O2.C8H16O2.C8H14O2.C8H16O2.C6H12O2.C6H12.4CH4/c1-12(2)18(19)20-11-17-15-9-5-3-7-13(15)14-8-4-6-10-16(14)17;1-8(2)11(13)16-7-9-5-3-4-6-10(9)12(14)15;1-9(2)11(12)13-8-10-6-4-3-5-7-10;1-6(2)7(9)10-8(3,4)5;1-5-6-10-7(9)8(2,3)4;1-4-5-6-10-8(9)7(2)3;1-4-8-6(7)5(2)3;1-5(2)6(3)4;;;;/h3-10,12,17H,11H2,1-2H3;3-6,8H,7H2,1-2H3;3-7,9H,8H2,1-2H3;6H,1-5H3;5H,1,6H2,2-4H3;7H,4-6H2,1-3H3;5H,4H2,1-3H3;1-4H3;4*1H4. The van der Waals surface area contributed by atoms with E-state index in [1.165, 1.54) is 39.5 Å². The van der Waals surface area contributed by atoms with E-state index >= 15 is 0 Å². The minimum absolute atomic E-state index is 0. The first kappa shape index (κ1) is 103. The van der Waals surface area contributed by atoms with Crippen LogP contribution in [0.3, 0.4) is 0 Å². The summed E-state index contributed by atoms with van der Waals surface area (Å²) in [7, 11) is 0. The highest BCUT2D eigenvalue weighted by atomic mass is 16.6. The molecule has 97 heavy (non-hydrogen) atoms. The molecule has 0 N–H and O–H groups in total. The molecule has 0 atom stereocenters. The van der Waals surface area contributed by atoms with Crippen LogP contribution < -0.4 is 0 Å². The van der Waals surface area contributed by atoms with E-state index in [0.717, 1.165) is 18.4 Å². The number of esters is 7. The lowest BCUT2D eigenvalue weighted by molar-refractivity contribution is -0.385. The fourth-order valence-corrected chi connectivity index (χ4v) is 6.36. The number of unbranched alkanes of at least 4 members (excludes halogenated alkanes) is 1. The summed E-state index contributed by atoms with van der Waals surface area (Å²) < 4.78 is 34.9. The second-order valence-corrected chi connectivity index (χ2v) is 25.8. The molecule has 0 saturated heterocycles. The highest BCUT2D eigenvalue weighted by Gasteiger charge is 2.29. The number of rotatable bonds is 19. The molecule has 0 heterocycles. The Bertz CT molecular complexity index is 2810. The van der Waals surface area contributed by atoms with Gasteiger partial charge in [0.05, 0.1) is 64.6 Å². The third-order valence-electron chi connectivity index (χ3n) is 12.3. The Labute approximate surface area is 587 Å². The Morgan fingerprint density at radius 2 is 0.866 bits per heavy atom. The molecule has 0 saturated carbocycles. The molecular formula is C80H131NO16. The quantitative estimate of drug-likeness (QED) is 0.0212.